The number of thiocyanates is 1. The number of ether oxygens (including phenoxy) is 1. The van der Waals surface area contributed by atoms with Crippen molar-refractivity contribution in [3.8, 4) is 5.40 Å². The number of unbranched alkanes of at least 4 members (excludes halogenated alkanes) is 1. The number of rotatable bonds is 6. The number of aromatic nitrogens is 2. The predicted molar refractivity (Wildman–Crippen MR) is 85.3 cm³/mol. The first-order chi connectivity index (χ1) is 9.95. The molecule has 21 heavy (non-hydrogen) atoms. The van der Waals surface area contributed by atoms with Crippen LogP contribution in [0.4, 0.5) is 0 Å². The van der Waals surface area contributed by atoms with Gasteiger partial charge in [0.15, 0.2) is 0 Å². The van der Waals surface area contributed by atoms with Gasteiger partial charge in [0.05, 0.1) is 12.1 Å². The number of hydrogen-bond donors (Lipinski definition) is 0. The van der Waals surface area contributed by atoms with Gasteiger partial charge in [-0.05, 0) is 25.3 Å². The van der Waals surface area contributed by atoms with Gasteiger partial charge in [0.25, 0.3) is 0 Å². The molecule has 0 atom stereocenters. The van der Waals surface area contributed by atoms with Crippen LogP contribution < -0.4 is 0 Å². The van der Waals surface area contributed by atoms with Gasteiger partial charge in [0, 0.05) is 29.5 Å². The van der Waals surface area contributed by atoms with Gasteiger partial charge in [0.2, 0.25) is 0 Å². The number of nitrogens with zero attached hydrogens (tertiary/aromatic N) is 3. The fourth-order valence-electron chi connectivity index (χ4n) is 2.58. The van der Waals surface area contributed by atoms with Gasteiger partial charge in [0.1, 0.15) is 10.4 Å². The molecule has 0 amide bonds. The normalized spacial score (nSPS) is 21.9. The van der Waals surface area contributed by atoms with Crippen LogP contribution in [0.15, 0.2) is 11.1 Å². The first kappa shape index (κ1) is 16.4. The van der Waals surface area contributed by atoms with Crippen LogP contribution in [0.3, 0.4) is 0 Å². The number of hydrogen-bond acceptors (Lipinski definition) is 4. The quantitative estimate of drug-likeness (QED) is 0.447. The second-order valence-corrected chi connectivity index (χ2v) is 7.53. The minimum Gasteiger partial charge on any atom is -0.378 e. The zero-order valence-electron chi connectivity index (χ0n) is 13.4. The molecular weight excluding hydrogens is 282 g/mol. The van der Waals surface area contributed by atoms with E-state index in [1.54, 1.807) is 0 Å². The maximum absolute atomic E-state index is 8.84. The molecule has 116 valence electrons. The van der Waals surface area contributed by atoms with Crippen molar-refractivity contribution in [2.24, 2.45) is 0 Å². The summed E-state index contributed by atoms with van der Waals surface area (Å²) in [7, 11) is 0. The van der Waals surface area contributed by atoms with Crippen LogP contribution in [0.2, 0.25) is 0 Å². The molecule has 0 aromatic carbocycles. The maximum atomic E-state index is 8.84. The first-order valence-electron chi connectivity index (χ1n) is 7.73. The third-order valence-electron chi connectivity index (χ3n) is 3.90. The summed E-state index contributed by atoms with van der Waals surface area (Å²) in [5, 5.41) is 16.4. The van der Waals surface area contributed by atoms with E-state index in [1.165, 1.54) is 12.1 Å². The van der Waals surface area contributed by atoms with Crippen molar-refractivity contribution >= 4 is 11.8 Å². The molecule has 4 nitrogen and oxygen atoms in total. The lowest BCUT2D eigenvalue weighted by Gasteiger charge is -2.37. The molecule has 0 aliphatic heterocycles. The Labute approximate surface area is 131 Å². The Bertz CT molecular complexity index is 507. The summed E-state index contributed by atoms with van der Waals surface area (Å²) in [4.78, 5) is 0. The van der Waals surface area contributed by atoms with E-state index in [9.17, 15) is 0 Å². The molecular formula is C16H25N3OS. The Balaban J connectivity index is 2.02. The van der Waals surface area contributed by atoms with E-state index in [0.29, 0.717) is 12.1 Å². The monoisotopic (exact) mass is 307 g/mol. The molecule has 0 N–H and O–H groups in total. The van der Waals surface area contributed by atoms with E-state index in [1.807, 2.05) is 0 Å². The lowest BCUT2D eigenvalue weighted by molar-refractivity contribution is -0.0310. The van der Waals surface area contributed by atoms with Crippen molar-refractivity contribution in [2.45, 2.75) is 76.0 Å². The van der Waals surface area contributed by atoms with E-state index < -0.39 is 0 Å². The van der Waals surface area contributed by atoms with Crippen LogP contribution in [-0.4, -0.2) is 22.5 Å². The van der Waals surface area contributed by atoms with Crippen molar-refractivity contribution in [1.29, 1.82) is 5.26 Å². The van der Waals surface area contributed by atoms with E-state index in [4.69, 9.17) is 10.00 Å². The maximum Gasteiger partial charge on any atom is 0.140 e. The van der Waals surface area contributed by atoms with Crippen LogP contribution in [-0.2, 0) is 10.2 Å². The third-order valence-corrected chi connectivity index (χ3v) is 4.40. The topological polar surface area (TPSA) is 50.8 Å². The molecule has 5 heteroatoms. The minimum atomic E-state index is 0.0371. The SMILES string of the molecule is CCCCO[C@H]1C[C@H](n2nc(SC#N)cc2C(C)(C)C)C1. The molecule has 0 saturated heterocycles. The minimum absolute atomic E-state index is 0.0371. The van der Waals surface area contributed by atoms with E-state index >= 15 is 0 Å². The Kier molecular flexibility index (Phi) is 5.34. The molecule has 0 spiro atoms. The predicted octanol–water partition coefficient (Wildman–Crippen LogP) is 4.27. The van der Waals surface area contributed by atoms with Gasteiger partial charge in [-0.3, -0.25) is 4.68 Å². The average molecular weight is 307 g/mol. The van der Waals surface area contributed by atoms with Crippen molar-refractivity contribution < 1.29 is 4.74 Å². The highest BCUT2D eigenvalue weighted by atomic mass is 32.2. The van der Waals surface area contributed by atoms with Gasteiger partial charge in [-0.15, -0.1) is 0 Å². The summed E-state index contributed by atoms with van der Waals surface area (Å²) in [6, 6.07) is 2.47. The van der Waals surface area contributed by atoms with Gasteiger partial charge in [-0.1, -0.05) is 34.1 Å². The van der Waals surface area contributed by atoms with E-state index in [-0.39, 0.29) is 5.41 Å². The molecule has 0 bridgehead atoms. The average Bonchev–Trinajstić information content (AvgIpc) is 2.76. The molecule has 1 aliphatic carbocycles. The second kappa shape index (κ2) is 6.85. The molecule has 1 aromatic heterocycles. The van der Waals surface area contributed by atoms with Gasteiger partial charge < -0.3 is 4.74 Å². The fourth-order valence-corrected chi connectivity index (χ4v) is 2.97. The standard InChI is InChI=1S/C16H25N3OS/c1-5-6-7-20-13-8-12(9-13)19-14(16(2,3)4)10-15(18-19)21-11-17/h10,12-13H,5-9H2,1-4H3/t12-,13-. The highest BCUT2D eigenvalue weighted by Gasteiger charge is 2.35. The fraction of sp³-hybridized carbons (Fsp3) is 0.750. The van der Waals surface area contributed by atoms with Crippen LogP contribution in [0.25, 0.3) is 0 Å². The summed E-state index contributed by atoms with van der Waals surface area (Å²) in [6.45, 7) is 9.62. The van der Waals surface area contributed by atoms with Gasteiger partial charge >= 0.3 is 0 Å². The molecule has 1 heterocycles. The Morgan fingerprint density at radius 3 is 2.76 bits per heavy atom. The lowest BCUT2D eigenvalue weighted by atomic mass is 9.86. The summed E-state index contributed by atoms with van der Waals surface area (Å²) < 4.78 is 7.98. The van der Waals surface area contributed by atoms with Crippen LogP contribution >= 0.6 is 11.8 Å². The summed E-state index contributed by atoms with van der Waals surface area (Å²) in [5.74, 6) is 0. The van der Waals surface area contributed by atoms with Crippen molar-refractivity contribution in [1.82, 2.24) is 9.78 Å². The van der Waals surface area contributed by atoms with Gasteiger partial charge in [-0.25, -0.2) is 0 Å². The Morgan fingerprint density at radius 2 is 2.19 bits per heavy atom. The molecule has 2 rings (SSSR count). The Hall–Kier alpha value is -0.990. The number of thioether (sulfide) groups is 1. The smallest absolute Gasteiger partial charge is 0.140 e. The zero-order chi connectivity index (χ0) is 15.5. The molecule has 1 aliphatic rings. The molecule has 1 saturated carbocycles. The van der Waals surface area contributed by atoms with Crippen LogP contribution in [0.1, 0.15) is 65.1 Å². The van der Waals surface area contributed by atoms with Gasteiger partial charge in [-0.2, -0.15) is 10.4 Å². The lowest BCUT2D eigenvalue weighted by Crippen LogP contribution is -2.36. The Morgan fingerprint density at radius 1 is 1.48 bits per heavy atom. The van der Waals surface area contributed by atoms with Crippen molar-refractivity contribution in [3.63, 3.8) is 0 Å². The van der Waals surface area contributed by atoms with Crippen LogP contribution in [0, 0.1) is 10.7 Å². The zero-order valence-corrected chi connectivity index (χ0v) is 14.2. The molecule has 0 unspecified atom stereocenters. The third kappa shape index (κ3) is 4.02. The summed E-state index contributed by atoms with van der Waals surface area (Å²) in [5.41, 5.74) is 1.24. The summed E-state index contributed by atoms with van der Waals surface area (Å²) >= 11 is 1.14. The van der Waals surface area contributed by atoms with E-state index in [2.05, 4.69) is 48.9 Å². The molecule has 1 aromatic rings. The molecule has 0 radical (unpaired) electrons. The number of nitriles is 1. The highest BCUT2D eigenvalue weighted by Crippen LogP contribution is 2.38. The first-order valence-corrected chi connectivity index (χ1v) is 8.55. The van der Waals surface area contributed by atoms with Crippen molar-refractivity contribution in [3.05, 3.63) is 11.8 Å². The molecule has 1 fully saturated rings. The summed E-state index contributed by atoms with van der Waals surface area (Å²) in [6.07, 6.45) is 4.76. The van der Waals surface area contributed by atoms with E-state index in [0.717, 1.165) is 42.7 Å². The van der Waals surface area contributed by atoms with Crippen molar-refractivity contribution in [2.75, 3.05) is 6.61 Å². The van der Waals surface area contributed by atoms with Crippen LogP contribution in [0.5, 0.6) is 0 Å². The second-order valence-electron chi connectivity index (χ2n) is 6.73. The largest absolute Gasteiger partial charge is 0.378 e. The highest BCUT2D eigenvalue weighted by molar-refractivity contribution is 8.03.